The number of carbonyl (C=O) groups is 1. The van der Waals surface area contributed by atoms with Crippen molar-refractivity contribution >= 4 is 15.9 Å². The van der Waals surface area contributed by atoms with Gasteiger partial charge < -0.3 is 5.32 Å². The van der Waals surface area contributed by atoms with Crippen molar-refractivity contribution in [2.24, 2.45) is 0 Å². The van der Waals surface area contributed by atoms with Crippen molar-refractivity contribution in [3.8, 4) is 0 Å². The van der Waals surface area contributed by atoms with Crippen molar-refractivity contribution in [3.05, 3.63) is 84.2 Å². The number of nitrogens with one attached hydrogen (secondary N) is 2. The number of hydrogen-bond donors (Lipinski definition) is 2. The van der Waals surface area contributed by atoms with Gasteiger partial charge in [0.1, 0.15) is 4.90 Å². The zero-order valence-electron chi connectivity index (χ0n) is 15.3. The van der Waals surface area contributed by atoms with Gasteiger partial charge in [-0.2, -0.15) is 5.10 Å². The summed E-state index contributed by atoms with van der Waals surface area (Å²) in [6.45, 7) is 0.594. The minimum absolute atomic E-state index is 0.0283. The van der Waals surface area contributed by atoms with Crippen molar-refractivity contribution in [2.45, 2.75) is 17.9 Å². The highest BCUT2D eigenvalue weighted by molar-refractivity contribution is 7.89. The third-order valence-corrected chi connectivity index (χ3v) is 5.46. The van der Waals surface area contributed by atoms with E-state index in [2.05, 4.69) is 15.1 Å². The summed E-state index contributed by atoms with van der Waals surface area (Å²) in [5, 5.41) is 6.79. The highest BCUT2D eigenvalue weighted by Gasteiger charge is 2.17. The van der Waals surface area contributed by atoms with Crippen LogP contribution in [0.2, 0.25) is 0 Å². The van der Waals surface area contributed by atoms with Gasteiger partial charge in [-0.05, 0) is 17.5 Å². The maximum Gasteiger partial charge on any atom is 0.244 e. The first-order valence-corrected chi connectivity index (χ1v) is 10.4. The zero-order valence-corrected chi connectivity index (χ0v) is 16.1. The SMILES string of the molecule is O=C(CNS(=O)(=O)c1cnn(Cc2ccccc2)c1)NCCc1ccccc1. The lowest BCUT2D eigenvalue weighted by molar-refractivity contribution is -0.119. The van der Waals surface area contributed by atoms with Crippen molar-refractivity contribution in [1.29, 1.82) is 0 Å². The molecule has 3 rings (SSSR count). The summed E-state index contributed by atoms with van der Waals surface area (Å²) in [4.78, 5) is 11.9. The van der Waals surface area contributed by atoms with E-state index in [0.29, 0.717) is 19.5 Å². The number of rotatable bonds is 9. The molecule has 0 radical (unpaired) electrons. The molecular formula is C20H22N4O3S. The summed E-state index contributed by atoms with van der Waals surface area (Å²) in [6.07, 6.45) is 3.41. The van der Waals surface area contributed by atoms with Crippen LogP contribution in [0.3, 0.4) is 0 Å². The Bertz CT molecular complexity index is 1000. The molecule has 1 heterocycles. The first kappa shape index (κ1) is 19.8. The van der Waals surface area contributed by atoms with Gasteiger partial charge in [-0.3, -0.25) is 9.48 Å². The van der Waals surface area contributed by atoms with E-state index in [-0.39, 0.29) is 17.3 Å². The molecule has 0 aliphatic heterocycles. The molecule has 2 aromatic carbocycles. The molecule has 0 atom stereocenters. The van der Waals surface area contributed by atoms with Crippen LogP contribution < -0.4 is 10.0 Å². The van der Waals surface area contributed by atoms with Crippen LogP contribution in [0.4, 0.5) is 0 Å². The number of sulfonamides is 1. The fourth-order valence-electron chi connectivity index (χ4n) is 2.64. The molecular weight excluding hydrogens is 376 g/mol. The Labute approximate surface area is 164 Å². The molecule has 28 heavy (non-hydrogen) atoms. The van der Waals surface area contributed by atoms with E-state index < -0.39 is 10.0 Å². The highest BCUT2D eigenvalue weighted by atomic mass is 32.2. The summed E-state index contributed by atoms with van der Waals surface area (Å²) < 4.78 is 28.6. The number of carbonyl (C=O) groups excluding carboxylic acids is 1. The predicted octanol–water partition coefficient (Wildman–Crippen LogP) is 1.57. The third kappa shape index (κ3) is 5.77. The lowest BCUT2D eigenvalue weighted by atomic mass is 10.1. The largest absolute Gasteiger partial charge is 0.355 e. The average molecular weight is 398 g/mol. The molecule has 0 unspecified atom stereocenters. The van der Waals surface area contributed by atoms with Crippen molar-refractivity contribution in [3.63, 3.8) is 0 Å². The Hall–Kier alpha value is -2.97. The van der Waals surface area contributed by atoms with Gasteiger partial charge in [0.2, 0.25) is 15.9 Å². The zero-order chi connectivity index (χ0) is 19.8. The molecule has 146 valence electrons. The van der Waals surface area contributed by atoms with Crippen LogP contribution in [0.1, 0.15) is 11.1 Å². The van der Waals surface area contributed by atoms with Crippen LogP contribution >= 0.6 is 0 Å². The Morgan fingerprint density at radius 1 is 0.964 bits per heavy atom. The molecule has 0 spiro atoms. The second-order valence-corrected chi connectivity index (χ2v) is 8.04. The molecule has 2 N–H and O–H groups in total. The second kappa shape index (κ2) is 9.29. The van der Waals surface area contributed by atoms with E-state index in [1.165, 1.54) is 12.4 Å². The van der Waals surface area contributed by atoms with E-state index in [0.717, 1.165) is 11.1 Å². The van der Waals surface area contributed by atoms with Gasteiger partial charge in [-0.1, -0.05) is 60.7 Å². The minimum Gasteiger partial charge on any atom is -0.355 e. The second-order valence-electron chi connectivity index (χ2n) is 6.27. The van der Waals surface area contributed by atoms with Crippen LogP contribution in [0.15, 0.2) is 78.0 Å². The van der Waals surface area contributed by atoms with E-state index in [1.54, 1.807) is 4.68 Å². The van der Waals surface area contributed by atoms with E-state index in [1.807, 2.05) is 60.7 Å². The topological polar surface area (TPSA) is 93.1 Å². The van der Waals surface area contributed by atoms with Crippen molar-refractivity contribution < 1.29 is 13.2 Å². The van der Waals surface area contributed by atoms with Gasteiger partial charge >= 0.3 is 0 Å². The van der Waals surface area contributed by atoms with Crippen LogP contribution in [-0.2, 0) is 27.8 Å². The fraction of sp³-hybridized carbons (Fsp3) is 0.200. The number of aromatic nitrogens is 2. The Kier molecular flexibility index (Phi) is 6.57. The van der Waals surface area contributed by atoms with Gasteiger partial charge in [0.15, 0.2) is 0 Å². The number of benzene rings is 2. The van der Waals surface area contributed by atoms with Gasteiger partial charge in [-0.15, -0.1) is 0 Å². The summed E-state index contributed by atoms with van der Waals surface area (Å²) in [5.41, 5.74) is 2.12. The van der Waals surface area contributed by atoms with Crippen LogP contribution in [-0.4, -0.2) is 37.2 Å². The summed E-state index contributed by atoms with van der Waals surface area (Å²) in [7, 11) is -3.80. The molecule has 0 bridgehead atoms. The van der Waals surface area contributed by atoms with Crippen LogP contribution in [0.25, 0.3) is 0 Å². The highest BCUT2D eigenvalue weighted by Crippen LogP contribution is 2.09. The normalized spacial score (nSPS) is 11.3. The summed E-state index contributed by atoms with van der Waals surface area (Å²) in [6, 6.07) is 19.4. The average Bonchev–Trinajstić information content (AvgIpc) is 3.18. The molecule has 7 nitrogen and oxygen atoms in total. The number of amides is 1. The predicted molar refractivity (Wildman–Crippen MR) is 106 cm³/mol. The molecule has 0 saturated carbocycles. The molecule has 0 saturated heterocycles. The standard InChI is InChI=1S/C20H22N4O3S/c25-20(21-12-11-17-7-3-1-4-8-17)14-23-28(26,27)19-13-22-24(16-19)15-18-9-5-2-6-10-18/h1-10,13,16,23H,11-12,14-15H2,(H,21,25). The number of nitrogens with zero attached hydrogens (tertiary/aromatic N) is 2. The molecule has 8 heteroatoms. The van der Waals surface area contributed by atoms with Gasteiger partial charge in [0, 0.05) is 12.7 Å². The number of hydrogen-bond acceptors (Lipinski definition) is 4. The van der Waals surface area contributed by atoms with Crippen molar-refractivity contribution in [2.75, 3.05) is 13.1 Å². The smallest absolute Gasteiger partial charge is 0.244 e. The first-order chi connectivity index (χ1) is 13.5. The van der Waals surface area contributed by atoms with E-state index >= 15 is 0 Å². The van der Waals surface area contributed by atoms with E-state index in [4.69, 9.17) is 0 Å². The molecule has 3 aromatic rings. The van der Waals surface area contributed by atoms with Gasteiger partial charge in [0.05, 0.1) is 19.3 Å². The van der Waals surface area contributed by atoms with Gasteiger partial charge in [0.25, 0.3) is 0 Å². The monoisotopic (exact) mass is 398 g/mol. The first-order valence-electron chi connectivity index (χ1n) is 8.89. The molecule has 0 aliphatic rings. The molecule has 0 fully saturated rings. The summed E-state index contributed by atoms with van der Waals surface area (Å²) >= 11 is 0. The lowest BCUT2D eigenvalue weighted by Gasteiger charge is -2.07. The molecule has 0 aliphatic carbocycles. The fourth-order valence-corrected chi connectivity index (χ4v) is 3.57. The Balaban J connectivity index is 1.47. The quantitative estimate of drug-likeness (QED) is 0.572. The van der Waals surface area contributed by atoms with Crippen molar-refractivity contribution in [1.82, 2.24) is 19.8 Å². The van der Waals surface area contributed by atoms with Gasteiger partial charge in [-0.25, -0.2) is 13.1 Å². The maximum atomic E-state index is 12.4. The molecule has 1 amide bonds. The maximum absolute atomic E-state index is 12.4. The summed E-state index contributed by atoms with van der Waals surface area (Å²) in [5.74, 6) is -0.379. The van der Waals surface area contributed by atoms with Crippen LogP contribution in [0, 0.1) is 0 Å². The molecule has 1 aromatic heterocycles. The Morgan fingerprint density at radius 2 is 1.61 bits per heavy atom. The van der Waals surface area contributed by atoms with Crippen LogP contribution in [0.5, 0.6) is 0 Å². The van der Waals surface area contributed by atoms with E-state index in [9.17, 15) is 13.2 Å². The third-order valence-electron chi connectivity index (χ3n) is 4.11. The minimum atomic E-state index is -3.80. The lowest BCUT2D eigenvalue weighted by Crippen LogP contribution is -2.37. The Morgan fingerprint density at radius 3 is 2.29 bits per heavy atom.